The standard InChI is InChI=1S/C14H21N3O/c1-3-5-12-16-13(11-6-9-18-10-7-11)14(15)17(12)8-4-2/h2,11H,3,5-10,15H2,1H3. The molecule has 1 fully saturated rings. The van der Waals surface area contributed by atoms with Gasteiger partial charge in [0.05, 0.1) is 12.2 Å². The second-order valence-electron chi connectivity index (χ2n) is 4.73. The first-order chi connectivity index (χ1) is 8.77. The molecule has 1 aromatic heterocycles. The number of nitrogen functional groups attached to an aromatic ring is 1. The van der Waals surface area contributed by atoms with E-state index in [0.717, 1.165) is 56.2 Å². The SMILES string of the molecule is C#CCn1c(CCC)nc(C2CCOCC2)c1N. The maximum absolute atomic E-state index is 6.22. The van der Waals surface area contributed by atoms with Gasteiger partial charge in [-0.05, 0) is 19.3 Å². The van der Waals surface area contributed by atoms with Crippen molar-refractivity contribution in [3.63, 3.8) is 0 Å². The van der Waals surface area contributed by atoms with Crippen LogP contribution in [0.3, 0.4) is 0 Å². The predicted octanol–water partition coefficient (Wildman–Crippen LogP) is 1.94. The molecule has 1 saturated heterocycles. The molecule has 18 heavy (non-hydrogen) atoms. The van der Waals surface area contributed by atoms with Gasteiger partial charge in [0.1, 0.15) is 11.6 Å². The summed E-state index contributed by atoms with van der Waals surface area (Å²) in [6.45, 7) is 4.25. The zero-order valence-corrected chi connectivity index (χ0v) is 11.0. The summed E-state index contributed by atoms with van der Waals surface area (Å²) < 4.78 is 7.37. The van der Waals surface area contributed by atoms with Gasteiger partial charge in [-0.15, -0.1) is 6.42 Å². The minimum atomic E-state index is 0.424. The molecule has 0 atom stereocenters. The van der Waals surface area contributed by atoms with E-state index < -0.39 is 0 Å². The Morgan fingerprint density at radius 2 is 2.22 bits per heavy atom. The van der Waals surface area contributed by atoms with E-state index in [2.05, 4.69) is 12.8 Å². The second-order valence-corrected chi connectivity index (χ2v) is 4.73. The first-order valence-corrected chi connectivity index (χ1v) is 6.63. The van der Waals surface area contributed by atoms with E-state index in [1.165, 1.54) is 0 Å². The zero-order chi connectivity index (χ0) is 13.0. The van der Waals surface area contributed by atoms with Crippen molar-refractivity contribution in [3.05, 3.63) is 11.5 Å². The third kappa shape index (κ3) is 2.51. The first-order valence-electron chi connectivity index (χ1n) is 6.63. The zero-order valence-electron chi connectivity index (χ0n) is 11.0. The molecule has 4 nitrogen and oxygen atoms in total. The van der Waals surface area contributed by atoms with Crippen molar-refractivity contribution in [2.45, 2.75) is 45.1 Å². The summed E-state index contributed by atoms with van der Waals surface area (Å²) in [5.74, 6) is 4.86. The third-order valence-electron chi connectivity index (χ3n) is 3.45. The van der Waals surface area contributed by atoms with Crippen LogP contribution < -0.4 is 5.73 Å². The molecule has 98 valence electrons. The highest BCUT2D eigenvalue weighted by atomic mass is 16.5. The summed E-state index contributed by atoms with van der Waals surface area (Å²) in [4.78, 5) is 4.73. The van der Waals surface area contributed by atoms with Crippen molar-refractivity contribution < 1.29 is 4.74 Å². The number of nitrogens with two attached hydrogens (primary N) is 1. The average Bonchev–Trinajstić information content (AvgIpc) is 2.70. The van der Waals surface area contributed by atoms with Gasteiger partial charge in [-0.25, -0.2) is 4.98 Å². The van der Waals surface area contributed by atoms with Crippen molar-refractivity contribution in [2.75, 3.05) is 18.9 Å². The average molecular weight is 247 g/mol. The van der Waals surface area contributed by atoms with E-state index in [1.807, 2.05) is 4.57 Å². The number of terminal acetylenes is 1. The maximum atomic E-state index is 6.22. The van der Waals surface area contributed by atoms with Gasteiger partial charge < -0.3 is 15.0 Å². The molecule has 0 unspecified atom stereocenters. The molecular weight excluding hydrogens is 226 g/mol. The monoisotopic (exact) mass is 247 g/mol. The number of nitrogens with zero attached hydrogens (tertiary/aromatic N) is 2. The van der Waals surface area contributed by atoms with Gasteiger partial charge in [0, 0.05) is 25.6 Å². The van der Waals surface area contributed by atoms with Crippen molar-refractivity contribution in [2.24, 2.45) is 0 Å². The minimum absolute atomic E-state index is 0.424. The number of imidazole rings is 1. The third-order valence-corrected chi connectivity index (χ3v) is 3.45. The van der Waals surface area contributed by atoms with E-state index in [9.17, 15) is 0 Å². The van der Waals surface area contributed by atoms with E-state index in [4.69, 9.17) is 21.9 Å². The van der Waals surface area contributed by atoms with Gasteiger partial charge >= 0.3 is 0 Å². The molecule has 0 bridgehead atoms. The number of hydrogen-bond donors (Lipinski definition) is 1. The van der Waals surface area contributed by atoms with E-state index in [0.29, 0.717) is 12.5 Å². The van der Waals surface area contributed by atoms with Crippen LogP contribution in [-0.2, 0) is 17.7 Å². The van der Waals surface area contributed by atoms with Crippen molar-refractivity contribution >= 4 is 5.82 Å². The van der Waals surface area contributed by atoms with Crippen LogP contribution in [0.4, 0.5) is 5.82 Å². The smallest absolute Gasteiger partial charge is 0.127 e. The van der Waals surface area contributed by atoms with Crippen LogP contribution in [0.15, 0.2) is 0 Å². The highest BCUT2D eigenvalue weighted by Gasteiger charge is 2.23. The molecule has 1 aromatic rings. The Morgan fingerprint density at radius 3 is 2.83 bits per heavy atom. The van der Waals surface area contributed by atoms with Gasteiger partial charge in [-0.3, -0.25) is 0 Å². The Morgan fingerprint density at radius 1 is 1.50 bits per heavy atom. The Labute approximate surface area is 109 Å². The van der Waals surface area contributed by atoms with Crippen molar-refractivity contribution in [1.82, 2.24) is 9.55 Å². The molecule has 2 N–H and O–H groups in total. The fourth-order valence-corrected chi connectivity index (χ4v) is 2.49. The molecule has 0 amide bonds. The van der Waals surface area contributed by atoms with Crippen LogP contribution in [-0.4, -0.2) is 22.8 Å². The van der Waals surface area contributed by atoms with E-state index >= 15 is 0 Å². The lowest BCUT2D eigenvalue weighted by atomic mass is 9.96. The van der Waals surface area contributed by atoms with Crippen LogP contribution in [0, 0.1) is 12.3 Å². The molecule has 0 aliphatic carbocycles. The Bertz CT molecular complexity index is 439. The molecule has 4 heteroatoms. The Hall–Kier alpha value is -1.47. The van der Waals surface area contributed by atoms with Crippen LogP contribution in [0.2, 0.25) is 0 Å². The van der Waals surface area contributed by atoms with Crippen molar-refractivity contribution in [1.29, 1.82) is 0 Å². The van der Waals surface area contributed by atoms with E-state index in [-0.39, 0.29) is 0 Å². The second kappa shape index (κ2) is 5.92. The normalized spacial score (nSPS) is 16.7. The quantitative estimate of drug-likeness (QED) is 0.827. The summed E-state index contributed by atoms with van der Waals surface area (Å²) in [6, 6.07) is 0. The fraction of sp³-hybridized carbons (Fsp3) is 0.643. The van der Waals surface area contributed by atoms with Crippen LogP contribution in [0.5, 0.6) is 0 Å². The number of aryl methyl sites for hydroxylation is 1. The molecule has 2 heterocycles. The highest BCUT2D eigenvalue weighted by Crippen LogP contribution is 2.31. The summed E-state index contributed by atoms with van der Waals surface area (Å²) in [5.41, 5.74) is 7.24. The number of aromatic nitrogens is 2. The number of hydrogen-bond acceptors (Lipinski definition) is 3. The highest BCUT2D eigenvalue weighted by molar-refractivity contribution is 5.41. The number of rotatable bonds is 4. The van der Waals surface area contributed by atoms with Gasteiger partial charge in [-0.1, -0.05) is 12.8 Å². The molecule has 0 radical (unpaired) electrons. The summed E-state index contributed by atoms with van der Waals surface area (Å²) in [5, 5.41) is 0. The lowest BCUT2D eigenvalue weighted by Crippen LogP contribution is -2.16. The van der Waals surface area contributed by atoms with Gasteiger partial charge in [0.25, 0.3) is 0 Å². The predicted molar refractivity (Wildman–Crippen MR) is 72.3 cm³/mol. The van der Waals surface area contributed by atoms with Crippen LogP contribution >= 0.6 is 0 Å². The van der Waals surface area contributed by atoms with Crippen LogP contribution in [0.25, 0.3) is 0 Å². The lowest BCUT2D eigenvalue weighted by Gasteiger charge is -2.20. The summed E-state index contributed by atoms with van der Waals surface area (Å²) >= 11 is 0. The molecule has 1 aliphatic rings. The molecule has 0 aromatic carbocycles. The Kier molecular flexibility index (Phi) is 4.27. The number of ether oxygens (including phenoxy) is 1. The summed E-state index contributed by atoms with van der Waals surface area (Å²) in [6.07, 6.45) is 9.39. The molecule has 2 rings (SSSR count). The van der Waals surface area contributed by atoms with Gasteiger partial charge in [-0.2, -0.15) is 0 Å². The van der Waals surface area contributed by atoms with Gasteiger partial charge in [0.15, 0.2) is 0 Å². The minimum Gasteiger partial charge on any atom is -0.384 e. The van der Waals surface area contributed by atoms with E-state index in [1.54, 1.807) is 0 Å². The molecular formula is C14H21N3O. The molecule has 1 aliphatic heterocycles. The summed E-state index contributed by atoms with van der Waals surface area (Å²) in [7, 11) is 0. The molecule has 0 saturated carbocycles. The maximum Gasteiger partial charge on any atom is 0.127 e. The topological polar surface area (TPSA) is 53.1 Å². The van der Waals surface area contributed by atoms with Gasteiger partial charge in [0.2, 0.25) is 0 Å². The number of anilines is 1. The largest absolute Gasteiger partial charge is 0.384 e. The molecule has 0 spiro atoms. The fourth-order valence-electron chi connectivity index (χ4n) is 2.49. The van der Waals surface area contributed by atoms with Crippen molar-refractivity contribution in [3.8, 4) is 12.3 Å². The lowest BCUT2D eigenvalue weighted by molar-refractivity contribution is 0.0847. The Balaban J connectivity index is 2.29. The van der Waals surface area contributed by atoms with Crippen LogP contribution in [0.1, 0.15) is 43.6 Å². The first kappa shape index (κ1) is 13.0.